The molecule has 82 valence electrons. The van der Waals surface area contributed by atoms with Crippen molar-refractivity contribution in [3.8, 4) is 0 Å². The van der Waals surface area contributed by atoms with Crippen molar-refractivity contribution >= 4 is 5.91 Å². The summed E-state index contributed by atoms with van der Waals surface area (Å²) in [4.78, 5) is 13.1. The van der Waals surface area contributed by atoms with Gasteiger partial charge in [-0.25, -0.2) is 0 Å². The first kappa shape index (κ1) is 11.5. The number of hydrogen-bond acceptors (Lipinski definition) is 3. The largest absolute Gasteiger partial charge is 0.364 e. The molecule has 1 unspecified atom stereocenters. The fraction of sp³-hybridized carbons (Fsp3) is 0.900. The number of rotatable bonds is 2. The zero-order valence-corrected chi connectivity index (χ0v) is 9.30. The molecule has 1 N–H and O–H groups in total. The van der Waals surface area contributed by atoms with E-state index in [0.717, 1.165) is 32.4 Å². The summed E-state index contributed by atoms with van der Waals surface area (Å²) in [6, 6.07) is 0. The molecular formula is C10H20N2O2. The molecule has 1 heterocycles. The molecule has 1 amide bonds. The van der Waals surface area contributed by atoms with Gasteiger partial charge in [0.15, 0.2) is 0 Å². The second kappa shape index (κ2) is 4.75. The van der Waals surface area contributed by atoms with Gasteiger partial charge in [-0.2, -0.15) is 0 Å². The predicted octanol–water partition coefficient (Wildman–Crippen LogP) is 0.581. The van der Waals surface area contributed by atoms with E-state index >= 15 is 0 Å². The molecule has 14 heavy (non-hydrogen) atoms. The lowest BCUT2D eigenvalue weighted by Gasteiger charge is -2.30. The molecule has 1 atom stereocenters. The second-order valence-corrected chi connectivity index (χ2v) is 3.81. The standard InChI is InChI=1S/C10H20N2O2/c1-9(13)12-7-4-5-10(11-2,14-3)6-8-12/h11H,4-8H2,1-3H3. The van der Waals surface area contributed by atoms with Crippen LogP contribution in [0.4, 0.5) is 0 Å². The Morgan fingerprint density at radius 1 is 1.43 bits per heavy atom. The van der Waals surface area contributed by atoms with Crippen LogP contribution < -0.4 is 5.32 Å². The highest BCUT2D eigenvalue weighted by Crippen LogP contribution is 2.22. The average Bonchev–Trinajstić information content (AvgIpc) is 2.40. The Hall–Kier alpha value is -0.610. The van der Waals surface area contributed by atoms with Gasteiger partial charge in [0, 0.05) is 33.5 Å². The summed E-state index contributed by atoms with van der Waals surface area (Å²) < 4.78 is 5.49. The highest BCUT2D eigenvalue weighted by molar-refractivity contribution is 5.73. The van der Waals surface area contributed by atoms with E-state index in [1.54, 1.807) is 14.0 Å². The predicted molar refractivity (Wildman–Crippen MR) is 54.9 cm³/mol. The molecule has 1 saturated heterocycles. The highest BCUT2D eigenvalue weighted by atomic mass is 16.5. The molecule has 0 aliphatic carbocycles. The van der Waals surface area contributed by atoms with E-state index in [-0.39, 0.29) is 11.6 Å². The van der Waals surface area contributed by atoms with Crippen LogP contribution in [0.15, 0.2) is 0 Å². The van der Waals surface area contributed by atoms with Crippen LogP contribution in [-0.2, 0) is 9.53 Å². The Balaban J connectivity index is 2.59. The third-order valence-electron chi connectivity index (χ3n) is 3.09. The summed E-state index contributed by atoms with van der Waals surface area (Å²) in [5.41, 5.74) is -0.232. The topological polar surface area (TPSA) is 41.6 Å². The Kier molecular flexibility index (Phi) is 3.89. The van der Waals surface area contributed by atoms with Gasteiger partial charge in [0.25, 0.3) is 0 Å². The van der Waals surface area contributed by atoms with E-state index in [1.807, 2.05) is 11.9 Å². The van der Waals surface area contributed by atoms with Crippen molar-refractivity contribution in [1.82, 2.24) is 10.2 Å². The fourth-order valence-electron chi connectivity index (χ4n) is 1.98. The van der Waals surface area contributed by atoms with Crippen LogP contribution in [0.3, 0.4) is 0 Å². The monoisotopic (exact) mass is 200 g/mol. The van der Waals surface area contributed by atoms with Crippen molar-refractivity contribution in [1.29, 1.82) is 0 Å². The van der Waals surface area contributed by atoms with Crippen LogP contribution in [0.1, 0.15) is 26.2 Å². The van der Waals surface area contributed by atoms with Gasteiger partial charge in [-0.1, -0.05) is 0 Å². The summed E-state index contributed by atoms with van der Waals surface area (Å²) in [6.45, 7) is 3.26. The number of carbonyl (C=O) groups excluding carboxylic acids is 1. The van der Waals surface area contributed by atoms with Crippen LogP contribution in [0.25, 0.3) is 0 Å². The Labute approximate surface area is 85.6 Å². The van der Waals surface area contributed by atoms with Crippen molar-refractivity contribution in [2.45, 2.75) is 31.9 Å². The second-order valence-electron chi connectivity index (χ2n) is 3.81. The fourth-order valence-corrected chi connectivity index (χ4v) is 1.98. The summed E-state index contributed by atoms with van der Waals surface area (Å²) in [5, 5.41) is 3.21. The average molecular weight is 200 g/mol. The van der Waals surface area contributed by atoms with Gasteiger partial charge in [0.05, 0.1) is 0 Å². The van der Waals surface area contributed by atoms with E-state index in [4.69, 9.17) is 4.74 Å². The number of hydrogen-bond donors (Lipinski definition) is 1. The maximum Gasteiger partial charge on any atom is 0.219 e. The number of likely N-dealkylation sites (tertiary alicyclic amines) is 1. The van der Waals surface area contributed by atoms with Gasteiger partial charge in [-0.15, -0.1) is 0 Å². The van der Waals surface area contributed by atoms with E-state index in [2.05, 4.69) is 5.32 Å². The number of carbonyl (C=O) groups is 1. The first-order valence-corrected chi connectivity index (χ1v) is 5.13. The summed E-state index contributed by atoms with van der Waals surface area (Å²) >= 11 is 0. The minimum Gasteiger partial charge on any atom is -0.364 e. The Bertz CT molecular complexity index is 202. The number of nitrogens with one attached hydrogen (secondary N) is 1. The van der Waals surface area contributed by atoms with Gasteiger partial charge in [-0.05, 0) is 19.9 Å². The Morgan fingerprint density at radius 2 is 2.14 bits per heavy atom. The van der Waals surface area contributed by atoms with Gasteiger partial charge >= 0.3 is 0 Å². The van der Waals surface area contributed by atoms with Crippen LogP contribution in [0.5, 0.6) is 0 Å². The molecule has 0 saturated carbocycles. The maximum atomic E-state index is 11.2. The van der Waals surface area contributed by atoms with Crippen LogP contribution in [-0.4, -0.2) is 43.8 Å². The molecule has 0 aromatic carbocycles. The van der Waals surface area contributed by atoms with Gasteiger partial charge in [0.1, 0.15) is 5.72 Å². The zero-order chi connectivity index (χ0) is 10.6. The molecule has 1 fully saturated rings. The molecule has 0 aromatic rings. The third kappa shape index (κ3) is 2.45. The zero-order valence-electron chi connectivity index (χ0n) is 9.30. The lowest BCUT2D eigenvalue weighted by atomic mass is 10.1. The molecule has 1 aliphatic rings. The van der Waals surface area contributed by atoms with Gasteiger partial charge in [0.2, 0.25) is 5.91 Å². The quantitative estimate of drug-likeness (QED) is 0.663. The molecule has 1 rings (SSSR count). The lowest BCUT2D eigenvalue weighted by molar-refractivity contribution is -0.129. The van der Waals surface area contributed by atoms with Crippen molar-refractivity contribution in [2.75, 3.05) is 27.2 Å². The number of amides is 1. The highest BCUT2D eigenvalue weighted by Gasteiger charge is 2.31. The normalized spacial score (nSPS) is 28.6. The molecule has 4 heteroatoms. The first-order chi connectivity index (χ1) is 6.63. The van der Waals surface area contributed by atoms with Crippen LogP contribution in [0.2, 0.25) is 0 Å². The number of methoxy groups -OCH3 is 1. The van der Waals surface area contributed by atoms with Crippen molar-refractivity contribution < 1.29 is 9.53 Å². The molecule has 0 bridgehead atoms. The first-order valence-electron chi connectivity index (χ1n) is 5.13. The van der Waals surface area contributed by atoms with Crippen molar-refractivity contribution in [3.63, 3.8) is 0 Å². The van der Waals surface area contributed by atoms with E-state index in [1.165, 1.54) is 0 Å². The molecule has 4 nitrogen and oxygen atoms in total. The van der Waals surface area contributed by atoms with Crippen LogP contribution in [0, 0.1) is 0 Å². The SMILES string of the molecule is CNC1(OC)CCCN(C(C)=O)CC1. The van der Waals surface area contributed by atoms with Gasteiger partial charge < -0.3 is 9.64 Å². The minimum absolute atomic E-state index is 0.160. The summed E-state index contributed by atoms with van der Waals surface area (Å²) in [6.07, 6.45) is 2.82. The van der Waals surface area contributed by atoms with Crippen molar-refractivity contribution in [2.24, 2.45) is 0 Å². The molecule has 1 aliphatic heterocycles. The lowest BCUT2D eigenvalue weighted by Crippen LogP contribution is -2.45. The van der Waals surface area contributed by atoms with E-state index in [9.17, 15) is 4.79 Å². The summed E-state index contributed by atoms with van der Waals surface area (Å²) in [7, 11) is 3.63. The maximum absolute atomic E-state index is 11.2. The Morgan fingerprint density at radius 3 is 2.64 bits per heavy atom. The third-order valence-corrected chi connectivity index (χ3v) is 3.09. The smallest absolute Gasteiger partial charge is 0.219 e. The minimum atomic E-state index is -0.232. The number of ether oxygens (including phenoxy) is 1. The summed E-state index contributed by atoms with van der Waals surface area (Å²) in [5.74, 6) is 0.160. The molecule has 0 aromatic heterocycles. The van der Waals surface area contributed by atoms with Crippen LogP contribution >= 0.6 is 0 Å². The molecule has 0 spiro atoms. The van der Waals surface area contributed by atoms with Crippen molar-refractivity contribution in [3.05, 3.63) is 0 Å². The van der Waals surface area contributed by atoms with E-state index < -0.39 is 0 Å². The molecular weight excluding hydrogens is 180 g/mol. The van der Waals surface area contributed by atoms with E-state index in [0.29, 0.717) is 0 Å². The number of nitrogens with zero attached hydrogens (tertiary/aromatic N) is 1. The molecule has 0 radical (unpaired) electrons. The van der Waals surface area contributed by atoms with Gasteiger partial charge in [-0.3, -0.25) is 10.1 Å².